The highest BCUT2D eigenvalue weighted by atomic mass is 32.1. The second-order valence-electron chi connectivity index (χ2n) is 5.05. The topological polar surface area (TPSA) is 80.9 Å². The Bertz CT molecular complexity index is 942. The second kappa shape index (κ2) is 6.50. The molecule has 8 heteroatoms. The van der Waals surface area contributed by atoms with E-state index in [-0.39, 0.29) is 12.3 Å². The Balaban J connectivity index is 1.36. The number of aromatic nitrogens is 3. The summed E-state index contributed by atoms with van der Waals surface area (Å²) in [5, 5.41) is 15.3. The summed E-state index contributed by atoms with van der Waals surface area (Å²) in [6.07, 6.45) is 0.662. The fraction of sp³-hybridized carbons (Fsp3) is 0.125. The Kier molecular flexibility index (Phi) is 4.06. The molecule has 0 radical (unpaired) electrons. The van der Waals surface area contributed by atoms with E-state index in [1.165, 1.54) is 11.3 Å². The number of hydrogen-bond acceptors (Lipinski definition) is 7. The predicted molar refractivity (Wildman–Crippen MR) is 94.2 cm³/mol. The molecule has 4 aromatic rings. The molecular formula is C16H12N4O2S2. The minimum atomic E-state index is -0.121. The van der Waals surface area contributed by atoms with Crippen LogP contribution >= 0.6 is 22.7 Å². The van der Waals surface area contributed by atoms with Crippen molar-refractivity contribution in [2.45, 2.75) is 12.8 Å². The Morgan fingerprint density at radius 3 is 2.96 bits per heavy atom. The first-order chi connectivity index (χ1) is 11.8. The molecule has 0 bridgehead atoms. The van der Waals surface area contributed by atoms with Crippen molar-refractivity contribution in [1.29, 1.82) is 0 Å². The van der Waals surface area contributed by atoms with Gasteiger partial charge in [0, 0.05) is 23.8 Å². The van der Waals surface area contributed by atoms with Crippen LogP contribution in [0.2, 0.25) is 0 Å². The molecule has 0 aliphatic carbocycles. The summed E-state index contributed by atoms with van der Waals surface area (Å²) in [7, 11) is 0. The van der Waals surface area contributed by atoms with Crippen LogP contribution in [0.5, 0.6) is 0 Å². The SMILES string of the molecule is O=C(CCc1nnc(-c2ccsc2)o1)Nc1nc2ccccc2s1. The molecule has 3 heterocycles. The van der Waals surface area contributed by atoms with Crippen LogP contribution in [-0.2, 0) is 11.2 Å². The van der Waals surface area contributed by atoms with E-state index >= 15 is 0 Å². The van der Waals surface area contributed by atoms with Crippen molar-refractivity contribution in [2.24, 2.45) is 0 Å². The first-order valence-electron chi connectivity index (χ1n) is 7.28. The zero-order valence-electron chi connectivity index (χ0n) is 12.4. The molecule has 0 unspecified atom stereocenters. The van der Waals surface area contributed by atoms with Crippen LogP contribution in [0.15, 0.2) is 45.5 Å². The van der Waals surface area contributed by atoms with Gasteiger partial charge in [-0.3, -0.25) is 4.79 Å². The van der Waals surface area contributed by atoms with Gasteiger partial charge >= 0.3 is 0 Å². The highest BCUT2D eigenvalue weighted by Gasteiger charge is 2.12. The smallest absolute Gasteiger partial charge is 0.248 e. The number of thiophene rings is 1. The van der Waals surface area contributed by atoms with Crippen molar-refractivity contribution in [3.8, 4) is 11.5 Å². The summed E-state index contributed by atoms with van der Waals surface area (Å²) in [6.45, 7) is 0. The van der Waals surface area contributed by atoms with Gasteiger partial charge in [-0.1, -0.05) is 23.5 Å². The number of thiazole rings is 1. The monoisotopic (exact) mass is 356 g/mol. The van der Waals surface area contributed by atoms with E-state index in [9.17, 15) is 4.79 Å². The number of carbonyl (C=O) groups excluding carboxylic acids is 1. The Hall–Kier alpha value is -2.58. The second-order valence-corrected chi connectivity index (χ2v) is 6.86. The zero-order chi connectivity index (χ0) is 16.4. The maximum atomic E-state index is 12.1. The lowest BCUT2D eigenvalue weighted by molar-refractivity contribution is -0.116. The third-order valence-corrected chi connectivity index (χ3v) is 4.98. The molecule has 1 aromatic carbocycles. The lowest BCUT2D eigenvalue weighted by Crippen LogP contribution is -2.12. The molecule has 1 N–H and O–H groups in total. The number of rotatable bonds is 5. The van der Waals surface area contributed by atoms with Gasteiger partial charge in [0.2, 0.25) is 17.7 Å². The van der Waals surface area contributed by atoms with Gasteiger partial charge in [0.25, 0.3) is 0 Å². The van der Waals surface area contributed by atoms with E-state index in [1.54, 1.807) is 11.3 Å². The normalized spacial score (nSPS) is 11.0. The van der Waals surface area contributed by atoms with Crippen molar-refractivity contribution in [3.63, 3.8) is 0 Å². The minimum absolute atomic E-state index is 0.121. The van der Waals surface area contributed by atoms with E-state index in [4.69, 9.17) is 4.42 Å². The average molecular weight is 356 g/mol. The molecule has 1 amide bonds. The molecule has 6 nitrogen and oxygen atoms in total. The summed E-state index contributed by atoms with van der Waals surface area (Å²) in [5.41, 5.74) is 1.78. The molecule has 0 spiro atoms. The maximum absolute atomic E-state index is 12.1. The van der Waals surface area contributed by atoms with Crippen LogP contribution in [0, 0.1) is 0 Å². The number of anilines is 1. The van der Waals surface area contributed by atoms with Gasteiger partial charge in [0.1, 0.15) is 0 Å². The van der Waals surface area contributed by atoms with Crippen LogP contribution in [0.1, 0.15) is 12.3 Å². The predicted octanol–water partition coefficient (Wildman–Crippen LogP) is 3.98. The van der Waals surface area contributed by atoms with Crippen LogP contribution in [0.4, 0.5) is 5.13 Å². The third-order valence-electron chi connectivity index (χ3n) is 3.34. The molecular weight excluding hydrogens is 344 g/mol. The number of hydrogen-bond donors (Lipinski definition) is 1. The van der Waals surface area contributed by atoms with E-state index in [0.717, 1.165) is 15.8 Å². The Morgan fingerprint density at radius 1 is 1.21 bits per heavy atom. The number of benzene rings is 1. The molecule has 0 atom stereocenters. The number of fused-ring (bicyclic) bond motifs is 1. The van der Waals surface area contributed by atoms with Crippen LogP contribution in [0.25, 0.3) is 21.7 Å². The lowest BCUT2D eigenvalue weighted by atomic mass is 10.3. The average Bonchev–Trinajstić information content (AvgIpc) is 3.31. The Morgan fingerprint density at radius 2 is 2.12 bits per heavy atom. The summed E-state index contributed by atoms with van der Waals surface area (Å²) in [6, 6.07) is 9.70. The fourth-order valence-electron chi connectivity index (χ4n) is 2.19. The first-order valence-corrected chi connectivity index (χ1v) is 9.04. The Labute approximate surface area is 145 Å². The first kappa shape index (κ1) is 15.0. The maximum Gasteiger partial charge on any atom is 0.248 e. The molecule has 24 heavy (non-hydrogen) atoms. The number of amides is 1. The number of para-hydroxylation sites is 1. The highest BCUT2D eigenvalue weighted by Crippen LogP contribution is 2.25. The van der Waals surface area contributed by atoms with E-state index < -0.39 is 0 Å². The molecule has 0 aliphatic rings. The number of nitrogens with zero attached hydrogens (tertiary/aromatic N) is 3. The van der Waals surface area contributed by atoms with Gasteiger partial charge in [-0.2, -0.15) is 11.3 Å². The summed E-state index contributed by atoms with van der Waals surface area (Å²) < 4.78 is 6.61. The molecule has 0 aliphatic heterocycles. The van der Waals surface area contributed by atoms with Gasteiger partial charge in [-0.15, -0.1) is 10.2 Å². The third kappa shape index (κ3) is 3.19. The van der Waals surface area contributed by atoms with Gasteiger partial charge in [0.05, 0.1) is 10.2 Å². The van der Waals surface area contributed by atoms with Crippen molar-refractivity contribution < 1.29 is 9.21 Å². The summed E-state index contributed by atoms with van der Waals surface area (Å²) in [5.74, 6) is 0.817. The summed E-state index contributed by atoms with van der Waals surface area (Å²) in [4.78, 5) is 16.4. The molecule has 0 fully saturated rings. The quantitative estimate of drug-likeness (QED) is 0.585. The summed E-state index contributed by atoms with van der Waals surface area (Å²) >= 11 is 3.02. The number of nitrogens with one attached hydrogen (secondary N) is 1. The standard InChI is InChI=1S/C16H12N4O2S2/c21-13(18-16-17-11-3-1-2-4-12(11)24-16)5-6-14-19-20-15(22-14)10-7-8-23-9-10/h1-4,7-9H,5-6H2,(H,17,18,21). The van der Waals surface area contributed by atoms with Gasteiger partial charge in [0.15, 0.2) is 5.13 Å². The van der Waals surface area contributed by atoms with E-state index in [2.05, 4.69) is 20.5 Å². The lowest BCUT2D eigenvalue weighted by Gasteiger charge is -1.98. The van der Waals surface area contributed by atoms with Gasteiger partial charge in [-0.25, -0.2) is 4.98 Å². The minimum Gasteiger partial charge on any atom is -0.421 e. The largest absolute Gasteiger partial charge is 0.421 e. The fourth-order valence-corrected chi connectivity index (χ4v) is 3.70. The van der Waals surface area contributed by atoms with Gasteiger partial charge < -0.3 is 9.73 Å². The van der Waals surface area contributed by atoms with E-state index in [1.807, 2.05) is 41.1 Å². The molecule has 3 aromatic heterocycles. The molecule has 0 saturated carbocycles. The highest BCUT2D eigenvalue weighted by molar-refractivity contribution is 7.22. The van der Waals surface area contributed by atoms with Gasteiger partial charge in [-0.05, 0) is 23.6 Å². The zero-order valence-corrected chi connectivity index (χ0v) is 14.1. The van der Waals surface area contributed by atoms with Crippen LogP contribution < -0.4 is 5.32 Å². The van der Waals surface area contributed by atoms with E-state index in [0.29, 0.717) is 23.3 Å². The molecule has 0 saturated heterocycles. The van der Waals surface area contributed by atoms with Crippen molar-refractivity contribution in [3.05, 3.63) is 47.0 Å². The number of carbonyl (C=O) groups is 1. The van der Waals surface area contributed by atoms with Crippen molar-refractivity contribution in [1.82, 2.24) is 15.2 Å². The molecule has 120 valence electrons. The number of aryl methyl sites for hydroxylation is 1. The van der Waals surface area contributed by atoms with Crippen molar-refractivity contribution >= 4 is 43.9 Å². The molecule has 4 rings (SSSR count). The van der Waals surface area contributed by atoms with Crippen LogP contribution in [0.3, 0.4) is 0 Å². The van der Waals surface area contributed by atoms with Crippen LogP contribution in [-0.4, -0.2) is 21.1 Å². The van der Waals surface area contributed by atoms with Crippen molar-refractivity contribution in [2.75, 3.05) is 5.32 Å².